The highest BCUT2D eigenvalue weighted by Gasteiger charge is 2.16. The first kappa shape index (κ1) is 17.4. The standard InChI is InChI=1S/C8H12.C6H10.C2H6/c1-6(2)8-5-4-7(8)3;1-4-6(3)5-2;1-2/h4,8H,1,5H2,2-3H3;4H,1,3,5H2,2H3;1-2H3. The molecule has 1 unspecified atom stereocenters. The zero-order chi connectivity index (χ0) is 13.1. The van der Waals surface area contributed by atoms with Gasteiger partial charge in [0.2, 0.25) is 0 Å². The van der Waals surface area contributed by atoms with E-state index in [-0.39, 0.29) is 0 Å². The van der Waals surface area contributed by atoms with Gasteiger partial charge in [0, 0.05) is 5.92 Å². The largest absolute Gasteiger partial charge is 0.0995 e. The van der Waals surface area contributed by atoms with Crippen LogP contribution < -0.4 is 0 Å². The lowest BCUT2D eigenvalue weighted by Crippen LogP contribution is -2.09. The van der Waals surface area contributed by atoms with E-state index in [2.05, 4.69) is 46.6 Å². The molecule has 0 aromatic heterocycles. The van der Waals surface area contributed by atoms with Gasteiger partial charge in [-0.05, 0) is 26.7 Å². The van der Waals surface area contributed by atoms with Crippen molar-refractivity contribution in [2.24, 2.45) is 5.92 Å². The van der Waals surface area contributed by atoms with E-state index < -0.39 is 0 Å². The molecule has 16 heavy (non-hydrogen) atoms. The fourth-order valence-corrected chi connectivity index (χ4v) is 1.21. The summed E-state index contributed by atoms with van der Waals surface area (Å²) in [5.74, 6) is 0.718. The Hall–Kier alpha value is -1.04. The average molecular weight is 220 g/mol. The van der Waals surface area contributed by atoms with Crippen LogP contribution in [0, 0.1) is 5.92 Å². The molecule has 0 N–H and O–H groups in total. The Morgan fingerprint density at radius 2 is 1.94 bits per heavy atom. The van der Waals surface area contributed by atoms with Gasteiger partial charge >= 0.3 is 0 Å². The predicted octanol–water partition coefficient (Wildman–Crippen LogP) is 5.69. The molecule has 0 amide bonds. The topological polar surface area (TPSA) is 0 Å². The second kappa shape index (κ2) is 10.5. The first-order valence-electron chi connectivity index (χ1n) is 6.15. The number of hydrogen-bond acceptors (Lipinski definition) is 0. The lowest BCUT2D eigenvalue weighted by Gasteiger charge is -2.24. The lowest BCUT2D eigenvalue weighted by molar-refractivity contribution is 0.655. The van der Waals surface area contributed by atoms with Crippen molar-refractivity contribution in [3.63, 3.8) is 0 Å². The maximum absolute atomic E-state index is 3.89. The molecular weight excluding hydrogens is 192 g/mol. The van der Waals surface area contributed by atoms with E-state index in [9.17, 15) is 0 Å². The van der Waals surface area contributed by atoms with Crippen LogP contribution >= 0.6 is 0 Å². The van der Waals surface area contributed by atoms with Gasteiger partial charge in [0.1, 0.15) is 0 Å². The van der Waals surface area contributed by atoms with Crippen molar-refractivity contribution in [2.75, 3.05) is 0 Å². The zero-order valence-electron chi connectivity index (χ0n) is 11.8. The summed E-state index contributed by atoms with van der Waals surface area (Å²) in [6, 6.07) is 0. The van der Waals surface area contributed by atoms with Gasteiger partial charge in [0.05, 0.1) is 0 Å². The van der Waals surface area contributed by atoms with Crippen LogP contribution in [0.1, 0.15) is 47.5 Å². The molecule has 92 valence electrons. The van der Waals surface area contributed by atoms with Gasteiger partial charge in [-0.25, -0.2) is 0 Å². The second-order valence-electron chi connectivity index (χ2n) is 3.80. The first-order chi connectivity index (χ1) is 7.52. The Balaban J connectivity index is 0. The third-order valence-electron chi connectivity index (χ3n) is 2.56. The van der Waals surface area contributed by atoms with Gasteiger partial charge in [-0.3, -0.25) is 0 Å². The molecular formula is C16H28. The number of hydrogen-bond donors (Lipinski definition) is 0. The van der Waals surface area contributed by atoms with Gasteiger partial charge in [0.25, 0.3) is 0 Å². The van der Waals surface area contributed by atoms with E-state index >= 15 is 0 Å². The van der Waals surface area contributed by atoms with Crippen molar-refractivity contribution in [3.8, 4) is 0 Å². The van der Waals surface area contributed by atoms with Crippen molar-refractivity contribution in [1.82, 2.24) is 0 Å². The first-order valence-corrected chi connectivity index (χ1v) is 6.15. The molecule has 0 aromatic rings. The van der Waals surface area contributed by atoms with Gasteiger partial charge in [-0.15, -0.1) is 0 Å². The molecule has 1 aliphatic carbocycles. The number of rotatable bonds is 3. The molecule has 0 aromatic carbocycles. The molecule has 0 aliphatic heterocycles. The lowest BCUT2D eigenvalue weighted by atomic mass is 9.81. The van der Waals surface area contributed by atoms with E-state index in [4.69, 9.17) is 0 Å². The van der Waals surface area contributed by atoms with Crippen molar-refractivity contribution in [3.05, 3.63) is 48.6 Å². The van der Waals surface area contributed by atoms with Gasteiger partial charge in [-0.1, -0.05) is 69.4 Å². The van der Waals surface area contributed by atoms with E-state index in [1.807, 2.05) is 13.8 Å². The van der Waals surface area contributed by atoms with Crippen LogP contribution in [-0.4, -0.2) is 0 Å². The molecule has 0 nitrogen and oxygen atoms in total. The normalized spacial score (nSPS) is 16.3. The minimum atomic E-state index is 0.718. The fraction of sp³-hybridized carbons (Fsp3) is 0.500. The highest BCUT2D eigenvalue weighted by Crippen LogP contribution is 2.31. The summed E-state index contributed by atoms with van der Waals surface area (Å²) in [4.78, 5) is 0. The second-order valence-corrected chi connectivity index (χ2v) is 3.80. The molecule has 1 rings (SSSR count). The minimum Gasteiger partial charge on any atom is -0.0995 e. The summed E-state index contributed by atoms with van der Waals surface area (Å²) in [7, 11) is 0. The highest BCUT2D eigenvalue weighted by molar-refractivity contribution is 5.25. The molecule has 0 saturated carbocycles. The third kappa shape index (κ3) is 7.28. The van der Waals surface area contributed by atoms with Gasteiger partial charge in [0.15, 0.2) is 0 Å². The van der Waals surface area contributed by atoms with Crippen LogP contribution in [0.2, 0.25) is 0 Å². The van der Waals surface area contributed by atoms with Crippen LogP contribution in [0.3, 0.4) is 0 Å². The zero-order valence-corrected chi connectivity index (χ0v) is 11.8. The van der Waals surface area contributed by atoms with Crippen molar-refractivity contribution >= 4 is 0 Å². The Morgan fingerprint density at radius 3 is 1.94 bits per heavy atom. The maximum Gasteiger partial charge on any atom is 0.00333 e. The smallest absolute Gasteiger partial charge is 0.00333 e. The predicted molar refractivity (Wildman–Crippen MR) is 77.7 cm³/mol. The molecule has 0 heteroatoms. The molecule has 0 saturated heterocycles. The summed E-state index contributed by atoms with van der Waals surface area (Å²) >= 11 is 0. The van der Waals surface area contributed by atoms with E-state index in [0.717, 1.165) is 17.9 Å². The highest BCUT2D eigenvalue weighted by atomic mass is 14.2. The van der Waals surface area contributed by atoms with E-state index in [0.29, 0.717) is 0 Å². The minimum absolute atomic E-state index is 0.718. The molecule has 0 fully saturated rings. The number of allylic oxidation sites excluding steroid dienone is 5. The Kier molecular flexibility index (Phi) is 11.4. The summed E-state index contributed by atoms with van der Waals surface area (Å²) in [5, 5.41) is 0. The van der Waals surface area contributed by atoms with Crippen molar-refractivity contribution in [1.29, 1.82) is 0 Å². The Bertz CT molecular complexity index is 253. The van der Waals surface area contributed by atoms with Crippen LogP contribution in [-0.2, 0) is 0 Å². The van der Waals surface area contributed by atoms with E-state index in [1.54, 1.807) is 6.08 Å². The van der Waals surface area contributed by atoms with Crippen LogP contribution in [0.5, 0.6) is 0 Å². The maximum atomic E-state index is 3.89. The quantitative estimate of drug-likeness (QED) is 0.423. The van der Waals surface area contributed by atoms with Crippen LogP contribution in [0.25, 0.3) is 0 Å². The molecule has 0 bridgehead atoms. The summed E-state index contributed by atoms with van der Waals surface area (Å²) in [5.41, 5.74) is 3.91. The van der Waals surface area contributed by atoms with Crippen molar-refractivity contribution in [2.45, 2.75) is 47.5 Å². The molecule has 0 heterocycles. The molecule has 0 spiro atoms. The third-order valence-corrected chi connectivity index (χ3v) is 2.56. The molecule has 1 aliphatic rings. The van der Waals surface area contributed by atoms with Crippen molar-refractivity contribution < 1.29 is 0 Å². The van der Waals surface area contributed by atoms with Crippen LogP contribution in [0.4, 0.5) is 0 Å². The van der Waals surface area contributed by atoms with Gasteiger partial charge < -0.3 is 0 Å². The summed E-state index contributed by atoms with van der Waals surface area (Å²) in [6.07, 6.45) is 6.28. The van der Waals surface area contributed by atoms with Gasteiger partial charge in [-0.2, -0.15) is 0 Å². The Labute approximate surface area is 102 Å². The fourth-order valence-electron chi connectivity index (χ4n) is 1.21. The SMILES string of the molecule is C=C(C)C1CC=C1C.C=CC(=C)CC.CC. The molecule has 1 atom stereocenters. The van der Waals surface area contributed by atoms with E-state index in [1.165, 1.54) is 17.6 Å². The molecule has 0 radical (unpaired) electrons. The summed E-state index contributed by atoms with van der Waals surface area (Å²) < 4.78 is 0. The average Bonchev–Trinajstić information content (AvgIpc) is 2.28. The monoisotopic (exact) mass is 220 g/mol. The van der Waals surface area contributed by atoms with Crippen LogP contribution in [0.15, 0.2) is 48.6 Å². The Morgan fingerprint density at radius 1 is 1.44 bits per heavy atom. The summed E-state index contributed by atoms with van der Waals surface area (Å²) in [6.45, 7) is 21.4.